The zero-order valence-corrected chi connectivity index (χ0v) is 17.7. The Hall–Kier alpha value is -3.09. The van der Waals surface area contributed by atoms with E-state index < -0.39 is 7.21 Å². The number of rotatable bonds is 5. The molecule has 0 unspecified atom stereocenters. The van der Waals surface area contributed by atoms with Gasteiger partial charge in [0.05, 0.1) is 5.69 Å². The van der Waals surface area contributed by atoms with Crippen LogP contribution in [0.4, 0.5) is 11.4 Å². The first-order chi connectivity index (χ1) is 14.2. The highest BCUT2D eigenvalue weighted by atomic mass is 31.2. The van der Waals surface area contributed by atoms with E-state index in [1.165, 1.54) is 21.7 Å². The Morgan fingerprint density at radius 3 is 1.48 bits per heavy atom. The molecule has 0 spiro atoms. The first-order valence-corrected chi connectivity index (χ1v) is 11.6. The molecule has 0 aliphatic rings. The molecule has 3 heteroatoms. The Bertz CT molecular complexity index is 1070. The van der Waals surface area contributed by atoms with Gasteiger partial charge in [-0.1, -0.05) is 96.1 Å². The minimum absolute atomic E-state index is 0.983. The quantitative estimate of drug-likeness (QED) is 0.368. The minimum Gasteiger partial charge on any atom is -0.345 e. The van der Waals surface area contributed by atoms with Crippen LogP contribution in [0.25, 0.3) is 0 Å². The molecule has 0 saturated carbocycles. The second kappa shape index (κ2) is 8.51. The summed E-state index contributed by atoms with van der Waals surface area (Å²) in [4.78, 5) is 0. The monoisotopic (exact) mass is 396 g/mol. The Morgan fingerprint density at radius 1 is 0.552 bits per heavy atom. The molecule has 0 bridgehead atoms. The van der Waals surface area contributed by atoms with Crippen LogP contribution in [-0.4, -0.2) is 0 Å². The summed E-state index contributed by atoms with van der Waals surface area (Å²) in [5.41, 5.74) is 4.54. The van der Waals surface area contributed by atoms with Crippen LogP contribution in [0.15, 0.2) is 114 Å². The van der Waals surface area contributed by atoms with Gasteiger partial charge in [-0.25, -0.2) is 4.74 Å². The van der Waals surface area contributed by atoms with E-state index in [1.807, 2.05) is 0 Å². The molecule has 1 N–H and O–H groups in total. The van der Waals surface area contributed by atoms with E-state index in [4.69, 9.17) is 4.74 Å². The second-order valence-corrected chi connectivity index (χ2v) is 9.95. The molecule has 0 amide bonds. The van der Waals surface area contributed by atoms with Gasteiger partial charge in [-0.15, -0.1) is 0 Å². The van der Waals surface area contributed by atoms with E-state index in [1.54, 1.807) is 0 Å². The standard InChI is InChI=1S/C26H25N2P/c1-21-13-17-23(18-14-21)27-29(25-9-5-3-6-10-25,26-11-7-4-8-12-26)28-24-19-15-22(2)16-20-24/h3-20,27H,1-2H3. The molecular formula is C26H25N2P. The van der Waals surface area contributed by atoms with Crippen molar-refractivity contribution >= 4 is 29.2 Å². The van der Waals surface area contributed by atoms with Crippen molar-refractivity contribution in [2.24, 2.45) is 4.74 Å². The Labute approximate surface area is 173 Å². The van der Waals surface area contributed by atoms with Crippen LogP contribution in [0.2, 0.25) is 0 Å². The zero-order valence-electron chi connectivity index (χ0n) is 16.8. The highest BCUT2D eigenvalue weighted by Crippen LogP contribution is 2.49. The molecule has 0 aromatic heterocycles. The molecule has 0 atom stereocenters. The fourth-order valence-electron chi connectivity index (χ4n) is 3.31. The molecule has 0 fully saturated rings. The summed E-state index contributed by atoms with van der Waals surface area (Å²) in [7, 11) is -2.30. The van der Waals surface area contributed by atoms with Gasteiger partial charge >= 0.3 is 0 Å². The van der Waals surface area contributed by atoms with E-state index in [9.17, 15) is 0 Å². The normalized spacial score (nSPS) is 11.1. The summed E-state index contributed by atoms with van der Waals surface area (Å²) >= 11 is 0. The van der Waals surface area contributed by atoms with Gasteiger partial charge in [0.15, 0.2) is 0 Å². The van der Waals surface area contributed by atoms with Crippen molar-refractivity contribution in [1.82, 2.24) is 0 Å². The van der Waals surface area contributed by atoms with Crippen molar-refractivity contribution in [3.05, 3.63) is 120 Å². The fraction of sp³-hybridized carbons (Fsp3) is 0.0769. The van der Waals surface area contributed by atoms with Gasteiger partial charge in [-0.3, -0.25) is 0 Å². The predicted octanol–water partition coefficient (Wildman–Crippen LogP) is 6.81. The second-order valence-electron chi connectivity index (χ2n) is 7.22. The zero-order chi connectivity index (χ0) is 20.1. The van der Waals surface area contributed by atoms with Crippen LogP contribution in [0.3, 0.4) is 0 Å². The van der Waals surface area contributed by atoms with Crippen molar-refractivity contribution in [1.29, 1.82) is 0 Å². The molecule has 0 aliphatic heterocycles. The van der Waals surface area contributed by atoms with Crippen molar-refractivity contribution in [3.8, 4) is 0 Å². The third-order valence-corrected chi connectivity index (χ3v) is 8.11. The lowest BCUT2D eigenvalue weighted by Gasteiger charge is -2.28. The molecule has 4 aromatic carbocycles. The van der Waals surface area contributed by atoms with E-state index >= 15 is 0 Å². The molecule has 0 radical (unpaired) electrons. The van der Waals surface area contributed by atoms with Gasteiger partial charge in [0.2, 0.25) is 0 Å². The number of hydrogen-bond donors (Lipinski definition) is 1. The van der Waals surface area contributed by atoms with Crippen LogP contribution >= 0.6 is 7.21 Å². The summed E-state index contributed by atoms with van der Waals surface area (Å²) < 4.78 is 5.39. The van der Waals surface area contributed by atoms with E-state index in [0.717, 1.165) is 11.4 Å². The summed E-state index contributed by atoms with van der Waals surface area (Å²) in [6.45, 7) is 4.21. The number of nitrogens with one attached hydrogen (secondary N) is 1. The lowest BCUT2D eigenvalue weighted by atomic mass is 10.2. The maximum absolute atomic E-state index is 5.39. The third kappa shape index (κ3) is 4.34. The minimum atomic E-state index is -2.30. The van der Waals surface area contributed by atoms with Gasteiger partial charge in [0.1, 0.15) is 7.21 Å². The predicted molar refractivity (Wildman–Crippen MR) is 127 cm³/mol. The largest absolute Gasteiger partial charge is 0.345 e. The maximum Gasteiger partial charge on any atom is 0.115 e. The SMILES string of the molecule is Cc1ccc(N=P(Nc2ccc(C)cc2)(c2ccccc2)c2ccccc2)cc1. The van der Waals surface area contributed by atoms with E-state index in [0.29, 0.717) is 0 Å². The number of anilines is 1. The van der Waals surface area contributed by atoms with Crippen LogP contribution in [0, 0.1) is 13.8 Å². The van der Waals surface area contributed by atoms with Gasteiger partial charge in [0, 0.05) is 16.3 Å². The fourth-order valence-corrected chi connectivity index (χ4v) is 6.35. The number of nitrogens with zero attached hydrogens (tertiary/aromatic N) is 1. The highest BCUT2D eigenvalue weighted by Gasteiger charge is 2.25. The lowest BCUT2D eigenvalue weighted by Crippen LogP contribution is -2.22. The smallest absolute Gasteiger partial charge is 0.115 e. The third-order valence-electron chi connectivity index (χ3n) is 4.90. The topological polar surface area (TPSA) is 24.4 Å². The van der Waals surface area contributed by atoms with Crippen molar-refractivity contribution in [3.63, 3.8) is 0 Å². The molecule has 0 heterocycles. The summed E-state index contributed by atoms with van der Waals surface area (Å²) in [6.07, 6.45) is 0. The van der Waals surface area contributed by atoms with Crippen molar-refractivity contribution in [2.75, 3.05) is 5.09 Å². The van der Waals surface area contributed by atoms with E-state index in [2.05, 4.69) is 128 Å². The number of benzene rings is 4. The molecular weight excluding hydrogens is 371 g/mol. The number of hydrogen-bond acceptors (Lipinski definition) is 1. The van der Waals surface area contributed by atoms with Gasteiger partial charge in [-0.05, 0) is 38.1 Å². The summed E-state index contributed by atoms with van der Waals surface area (Å²) in [6, 6.07) is 38.2. The average Bonchev–Trinajstić information content (AvgIpc) is 2.77. The molecule has 144 valence electrons. The van der Waals surface area contributed by atoms with Crippen LogP contribution in [0.1, 0.15) is 11.1 Å². The van der Waals surface area contributed by atoms with Crippen molar-refractivity contribution < 1.29 is 0 Å². The molecule has 0 saturated heterocycles. The van der Waals surface area contributed by atoms with Crippen molar-refractivity contribution in [2.45, 2.75) is 13.8 Å². The molecule has 29 heavy (non-hydrogen) atoms. The summed E-state index contributed by atoms with van der Waals surface area (Å²) in [5, 5.41) is 6.26. The highest BCUT2D eigenvalue weighted by molar-refractivity contribution is 7.82. The Balaban J connectivity index is 1.99. The molecule has 2 nitrogen and oxygen atoms in total. The van der Waals surface area contributed by atoms with Gasteiger partial charge in [-0.2, -0.15) is 0 Å². The van der Waals surface area contributed by atoms with Crippen LogP contribution in [0.5, 0.6) is 0 Å². The number of aryl methyl sites for hydroxylation is 2. The maximum atomic E-state index is 5.39. The molecule has 4 aromatic rings. The first kappa shape index (κ1) is 19.2. The van der Waals surface area contributed by atoms with E-state index in [-0.39, 0.29) is 0 Å². The Kier molecular flexibility index (Phi) is 5.64. The van der Waals surface area contributed by atoms with Gasteiger partial charge in [0.25, 0.3) is 0 Å². The average molecular weight is 396 g/mol. The van der Waals surface area contributed by atoms with Crippen LogP contribution in [-0.2, 0) is 0 Å². The van der Waals surface area contributed by atoms with Gasteiger partial charge < -0.3 is 5.09 Å². The first-order valence-electron chi connectivity index (χ1n) is 9.81. The van der Waals surface area contributed by atoms with Crippen LogP contribution < -0.4 is 15.7 Å². The summed E-state index contributed by atoms with van der Waals surface area (Å²) in [5.74, 6) is 0. The lowest BCUT2D eigenvalue weighted by molar-refractivity contribution is 1.44. The Morgan fingerprint density at radius 2 is 1.00 bits per heavy atom. The molecule has 4 rings (SSSR count). The molecule has 0 aliphatic carbocycles.